The molecule has 2 heterocycles. The van der Waals surface area contributed by atoms with Crippen molar-refractivity contribution in [2.45, 2.75) is 26.2 Å². The van der Waals surface area contributed by atoms with Gasteiger partial charge in [0.25, 0.3) is 0 Å². The van der Waals surface area contributed by atoms with Crippen molar-refractivity contribution >= 4 is 11.8 Å². The van der Waals surface area contributed by atoms with E-state index in [0.717, 1.165) is 30.5 Å². The van der Waals surface area contributed by atoms with Crippen LogP contribution in [-0.4, -0.2) is 41.3 Å². The predicted octanol–water partition coefficient (Wildman–Crippen LogP) is -1.82. The molecule has 1 fully saturated rings. The van der Waals surface area contributed by atoms with Crippen LogP contribution in [0, 0.1) is 6.92 Å². The second-order valence-corrected chi connectivity index (χ2v) is 4.39. The molecule has 0 atom stereocenters. The van der Waals surface area contributed by atoms with E-state index in [1.54, 1.807) is 0 Å². The van der Waals surface area contributed by atoms with E-state index in [1.165, 1.54) is 19.3 Å². The summed E-state index contributed by atoms with van der Waals surface area (Å²) in [7, 11) is 0. The molecular formula is C12H20ClN4O-. The van der Waals surface area contributed by atoms with Crippen molar-refractivity contribution in [2.24, 2.45) is 0 Å². The van der Waals surface area contributed by atoms with E-state index < -0.39 is 0 Å². The monoisotopic (exact) mass is 271 g/mol. The standard InChI is InChI=1S/C12H20N4O.ClH/c1-10-9-11(13-5-8-17)15-12(14-10)16-6-3-2-4-7-16;/h9,17H,2-8H2,1H3,(H,13,14,15);1H/p-1. The van der Waals surface area contributed by atoms with Gasteiger partial charge in [-0.25, -0.2) is 4.98 Å². The first-order valence-electron chi connectivity index (χ1n) is 6.25. The molecule has 1 aromatic rings. The van der Waals surface area contributed by atoms with Crippen molar-refractivity contribution in [1.82, 2.24) is 9.97 Å². The lowest BCUT2D eigenvalue weighted by Gasteiger charge is -2.27. The minimum absolute atomic E-state index is 0. The third-order valence-electron chi connectivity index (χ3n) is 2.90. The maximum absolute atomic E-state index is 8.80. The molecule has 1 aliphatic rings. The van der Waals surface area contributed by atoms with Gasteiger partial charge in [-0.05, 0) is 26.2 Å². The Bertz CT molecular complexity index is 369. The van der Waals surface area contributed by atoms with E-state index in [-0.39, 0.29) is 19.0 Å². The fraction of sp³-hybridized carbons (Fsp3) is 0.667. The molecule has 2 rings (SSSR count). The van der Waals surface area contributed by atoms with E-state index in [0.29, 0.717) is 6.54 Å². The minimum atomic E-state index is 0. The first kappa shape index (κ1) is 15.0. The first-order chi connectivity index (χ1) is 8.29. The molecule has 0 saturated carbocycles. The average molecular weight is 272 g/mol. The van der Waals surface area contributed by atoms with Crippen molar-refractivity contribution in [2.75, 3.05) is 36.5 Å². The molecule has 0 amide bonds. The van der Waals surface area contributed by atoms with Gasteiger partial charge in [-0.2, -0.15) is 4.98 Å². The summed E-state index contributed by atoms with van der Waals surface area (Å²) < 4.78 is 0. The first-order valence-corrected chi connectivity index (χ1v) is 6.25. The number of nitrogens with one attached hydrogen (secondary N) is 1. The molecule has 1 aromatic heterocycles. The molecule has 102 valence electrons. The number of aliphatic hydroxyl groups excluding tert-OH is 1. The fourth-order valence-electron chi connectivity index (χ4n) is 2.06. The summed E-state index contributed by atoms with van der Waals surface area (Å²) in [6, 6.07) is 1.91. The maximum Gasteiger partial charge on any atom is 0.227 e. The molecule has 18 heavy (non-hydrogen) atoms. The lowest BCUT2D eigenvalue weighted by Crippen LogP contribution is -3.00. The topological polar surface area (TPSA) is 61.3 Å². The number of halogens is 1. The van der Waals surface area contributed by atoms with E-state index in [4.69, 9.17) is 5.11 Å². The Morgan fingerprint density at radius 3 is 2.67 bits per heavy atom. The highest BCUT2D eigenvalue weighted by Crippen LogP contribution is 2.18. The van der Waals surface area contributed by atoms with Gasteiger partial charge in [-0.3, -0.25) is 0 Å². The Balaban J connectivity index is 0.00000162. The van der Waals surface area contributed by atoms with E-state index in [2.05, 4.69) is 20.2 Å². The van der Waals surface area contributed by atoms with Crippen molar-refractivity contribution in [1.29, 1.82) is 0 Å². The zero-order valence-electron chi connectivity index (χ0n) is 10.7. The number of aliphatic hydroxyl groups is 1. The number of piperidine rings is 1. The highest BCUT2D eigenvalue weighted by atomic mass is 35.5. The number of anilines is 2. The Morgan fingerprint density at radius 2 is 2.00 bits per heavy atom. The molecule has 2 N–H and O–H groups in total. The van der Waals surface area contributed by atoms with E-state index >= 15 is 0 Å². The fourth-order valence-corrected chi connectivity index (χ4v) is 2.06. The smallest absolute Gasteiger partial charge is 0.227 e. The average Bonchev–Trinajstić information content (AvgIpc) is 2.37. The molecule has 0 bridgehead atoms. The zero-order valence-corrected chi connectivity index (χ0v) is 11.4. The normalized spacial score (nSPS) is 15.1. The number of rotatable bonds is 4. The Kier molecular flexibility index (Phi) is 6.15. The van der Waals surface area contributed by atoms with Crippen LogP contribution in [0.2, 0.25) is 0 Å². The van der Waals surface area contributed by atoms with Crippen LogP contribution in [0.3, 0.4) is 0 Å². The Labute approximate surface area is 114 Å². The highest BCUT2D eigenvalue weighted by molar-refractivity contribution is 5.43. The van der Waals surface area contributed by atoms with Gasteiger partial charge in [-0.15, -0.1) is 0 Å². The van der Waals surface area contributed by atoms with E-state index in [9.17, 15) is 0 Å². The second kappa shape index (κ2) is 7.38. The van der Waals surface area contributed by atoms with Crippen LogP contribution >= 0.6 is 0 Å². The van der Waals surface area contributed by atoms with Gasteiger partial charge in [0.2, 0.25) is 5.95 Å². The maximum atomic E-state index is 8.80. The third-order valence-corrected chi connectivity index (χ3v) is 2.90. The summed E-state index contributed by atoms with van der Waals surface area (Å²) in [4.78, 5) is 11.2. The largest absolute Gasteiger partial charge is 1.00 e. The molecule has 1 saturated heterocycles. The molecule has 0 aliphatic carbocycles. The number of aromatic nitrogens is 2. The molecule has 0 radical (unpaired) electrons. The molecule has 0 unspecified atom stereocenters. The third kappa shape index (κ3) is 3.99. The van der Waals surface area contributed by atoms with Crippen LogP contribution in [0.25, 0.3) is 0 Å². The summed E-state index contributed by atoms with van der Waals surface area (Å²) in [5.41, 5.74) is 0.959. The van der Waals surface area contributed by atoms with Gasteiger partial charge in [0, 0.05) is 31.4 Å². The van der Waals surface area contributed by atoms with Gasteiger partial charge in [0.05, 0.1) is 6.61 Å². The van der Waals surface area contributed by atoms with Crippen molar-refractivity contribution in [3.63, 3.8) is 0 Å². The quantitative estimate of drug-likeness (QED) is 0.676. The van der Waals surface area contributed by atoms with Gasteiger partial charge >= 0.3 is 0 Å². The van der Waals surface area contributed by atoms with Gasteiger partial charge in [0.1, 0.15) is 5.82 Å². The summed E-state index contributed by atoms with van der Waals surface area (Å²) in [6.07, 6.45) is 3.74. The van der Waals surface area contributed by atoms with Crippen LogP contribution in [0.15, 0.2) is 6.07 Å². The number of aryl methyl sites for hydroxylation is 1. The van der Waals surface area contributed by atoms with Gasteiger partial charge in [0.15, 0.2) is 0 Å². The SMILES string of the molecule is Cc1cc(NCCO)nc(N2CCCCC2)n1.[Cl-]. The van der Waals surface area contributed by atoms with E-state index in [1.807, 2.05) is 13.0 Å². The van der Waals surface area contributed by atoms with Crippen molar-refractivity contribution in [3.05, 3.63) is 11.8 Å². The minimum Gasteiger partial charge on any atom is -1.00 e. The van der Waals surface area contributed by atoms with Crippen molar-refractivity contribution < 1.29 is 17.5 Å². The Morgan fingerprint density at radius 1 is 1.28 bits per heavy atom. The molecule has 1 aliphatic heterocycles. The van der Waals surface area contributed by atoms with Crippen LogP contribution < -0.4 is 22.6 Å². The Hall–Kier alpha value is -1.07. The predicted molar refractivity (Wildman–Crippen MR) is 68.4 cm³/mol. The van der Waals surface area contributed by atoms with Crippen molar-refractivity contribution in [3.8, 4) is 0 Å². The summed E-state index contributed by atoms with van der Waals surface area (Å²) in [6.45, 7) is 4.70. The second-order valence-electron chi connectivity index (χ2n) is 4.39. The number of nitrogens with zero attached hydrogens (tertiary/aromatic N) is 3. The lowest BCUT2D eigenvalue weighted by molar-refractivity contribution is -0.00000485. The summed E-state index contributed by atoms with van der Waals surface area (Å²) in [5.74, 6) is 1.61. The van der Waals surface area contributed by atoms with Crippen LogP contribution in [-0.2, 0) is 0 Å². The summed E-state index contributed by atoms with van der Waals surface area (Å²) in [5, 5.41) is 11.9. The van der Waals surface area contributed by atoms with Gasteiger partial charge in [-0.1, -0.05) is 0 Å². The molecule has 5 nitrogen and oxygen atoms in total. The number of hydrogen-bond acceptors (Lipinski definition) is 5. The molecule has 6 heteroatoms. The number of hydrogen-bond donors (Lipinski definition) is 2. The molecule has 0 spiro atoms. The summed E-state index contributed by atoms with van der Waals surface area (Å²) >= 11 is 0. The van der Waals surface area contributed by atoms with Gasteiger partial charge < -0.3 is 27.7 Å². The zero-order chi connectivity index (χ0) is 12.1. The van der Waals surface area contributed by atoms with Crippen LogP contribution in [0.1, 0.15) is 25.0 Å². The molecule has 0 aromatic carbocycles. The van der Waals surface area contributed by atoms with Crippen LogP contribution in [0.5, 0.6) is 0 Å². The molecular weight excluding hydrogens is 252 g/mol. The lowest BCUT2D eigenvalue weighted by atomic mass is 10.1. The highest BCUT2D eigenvalue weighted by Gasteiger charge is 2.14. The van der Waals surface area contributed by atoms with Crippen LogP contribution in [0.4, 0.5) is 11.8 Å².